The second-order valence-corrected chi connectivity index (χ2v) is 4.43. The van der Waals surface area contributed by atoms with Crippen LogP contribution >= 0.6 is 0 Å². The third kappa shape index (κ3) is 1.89. The molecule has 0 aliphatic heterocycles. The molecule has 0 unspecified atom stereocenters. The van der Waals surface area contributed by atoms with E-state index in [1.54, 1.807) is 18.2 Å². The standard InChI is InChI=1S/C15H8FNO3/c16-13-6-5-12(8-14(13)17(19)20)15(18)11-4-2-9-1-3-10(9)7-11/h1-8H. The summed E-state index contributed by atoms with van der Waals surface area (Å²) < 4.78 is 13.3. The molecule has 0 radical (unpaired) electrons. The lowest BCUT2D eigenvalue weighted by molar-refractivity contribution is -0.387. The summed E-state index contributed by atoms with van der Waals surface area (Å²) in [7, 11) is 0. The van der Waals surface area contributed by atoms with E-state index in [1.807, 2.05) is 12.2 Å². The minimum Gasteiger partial charge on any atom is -0.289 e. The van der Waals surface area contributed by atoms with Crippen LogP contribution in [0.4, 0.5) is 10.1 Å². The van der Waals surface area contributed by atoms with Gasteiger partial charge in [-0.1, -0.05) is 24.3 Å². The highest BCUT2D eigenvalue weighted by Crippen LogP contribution is 2.26. The van der Waals surface area contributed by atoms with E-state index in [2.05, 4.69) is 0 Å². The lowest BCUT2D eigenvalue weighted by Gasteiger charge is -2.11. The summed E-state index contributed by atoms with van der Waals surface area (Å²) in [6, 6.07) is 8.33. The number of carbonyl (C=O) groups is 1. The van der Waals surface area contributed by atoms with Gasteiger partial charge in [-0.05, 0) is 29.3 Å². The van der Waals surface area contributed by atoms with Crippen molar-refractivity contribution in [1.82, 2.24) is 0 Å². The van der Waals surface area contributed by atoms with Gasteiger partial charge in [0.2, 0.25) is 5.82 Å². The zero-order valence-corrected chi connectivity index (χ0v) is 10.2. The van der Waals surface area contributed by atoms with E-state index in [9.17, 15) is 19.3 Å². The van der Waals surface area contributed by atoms with Gasteiger partial charge in [0.05, 0.1) is 4.92 Å². The van der Waals surface area contributed by atoms with Crippen LogP contribution in [0.15, 0.2) is 36.4 Å². The fourth-order valence-electron chi connectivity index (χ4n) is 2.06. The van der Waals surface area contributed by atoms with Crippen molar-refractivity contribution in [2.45, 2.75) is 0 Å². The van der Waals surface area contributed by atoms with E-state index in [0.717, 1.165) is 23.3 Å². The molecule has 1 aliphatic rings. The molecule has 0 N–H and O–H groups in total. The highest BCUT2D eigenvalue weighted by molar-refractivity contribution is 6.10. The van der Waals surface area contributed by atoms with Crippen LogP contribution in [0, 0.1) is 15.9 Å². The van der Waals surface area contributed by atoms with Crippen molar-refractivity contribution < 1.29 is 14.1 Å². The van der Waals surface area contributed by atoms with Crippen LogP contribution in [-0.2, 0) is 0 Å². The summed E-state index contributed by atoms with van der Waals surface area (Å²) in [5.74, 6) is -1.32. The summed E-state index contributed by atoms with van der Waals surface area (Å²) in [6.45, 7) is 0. The van der Waals surface area contributed by atoms with Gasteiger partial charge in [-0.2, -0.15) is 4.39 Å². The van der Waals surface area contributed by atoms with E-state index in [-0.39, 0.29) is 11.3 Å². The van der Waals surface area contributed by atoms with E-state index in [1.165, 1.54) is 6.07 Å². The topological polar surface area (TPSA) is 60.2 Å². The number of ketones is 1. The normalized spacial score (nSPS) is 11.7. The number of nitro benzene ring substituents is 1. The van der Waals surface area contributed by atoms with Crippen molar-refractivity contribution >= 4 is 23.6 Å². The van der Waals surface area contributed by atoms with Gasteiger partial charge >= 0.3 is 5.69 Å². The van der Waals surface area contributed by atoms with Crippen molar-refractivity contribution in [3.63, 3.8) is 0 Å². The molecule has 4 nitrogen and oxygen atoms in total. The lowest BCUT2D eigenvalue weighted by Crippen LogP contribution is -2.05. The van der Waals surface area contributed by atoms with Crippen LogP contribution in [0.5, 0.6) is 0 Å². The van der Waals surface area contributed by atoms with Crippen LogP contribution in [0.25, 0.3) is 12.2 Å². The summed E-state index contributed by atoms with van der Waals surface area (Å²) >= 11 is 0. The first-order valence-electron chi connectivity index (χ1n) is 5.87. The summed E-state index contributed by atoms with van der Waals surface area (Å²) in [5.41, 5.74) is 1.83. The second kappa shape index (κ2) is 4.38. The molecule has 0 spiro atoms. The van der Waals surface area contributed by atoms with E-state index >= 15 is 0 Å². The number of nitrogens with zero attached hydrogens (tertiary/aromatic N) is 1. The third-order valence-electron chi connectivity index (χ3n) is 3.20. The Kier molecular flexibility index (Phi) is 2.68. The molecule has 0 bridgehead atoms. The van der Waals surface area contributed by atoms with Gasteiger partial charge in [0, 0.05) is 17.2 Å². The molecule has 3 rings (SSSR count). The molecule has 0 saturated heterocycles. The highest BCUT2D eigenvalue weighted by atomic mass is 19.1. The Hall–Kier alpha value is -2.82. The van der Waals surface area contributed by atoms with Gasteiger partial charge in [-0.15, -0.1) is 0 Å². The number of fused-ring (bicyclic) bond motifs is 1. The molecule has 2 aromatic rings. The number of rotatable bonds is 3. The van der Waals surface area contributed by atoms with Crippen LogP contribution in [-0.4, -0.2) is 10.7 Å². The van der Waals surface area contributed by atoms with Gasteiger partial charge in [0.15, 0.2) is 5.78 Å². The molecule has 1 aliphatic carbocycles. The molecule has 0 amide bonds. The monoisotopic (exact) mass is 269 g/mol. The Labute approximate surface area is 113 Å². The highest BCUT2D eigenvalue weighted by Gasteiger charge is 2.19. The van der Waals surface area contributed by atoms with E-state index in [4.69, 9.17) is 0 Å². The molecule has 98 valence electrons. The van der Waals surface area contributed by atoms with Crippen molar-refractivity contribution in [3.8, 4) is 0 Å². The first-order chi connectivity index (χ1) is 9.56. The Morgan fingerprint density at radius 1 is 1.00 bits per heavy atom. The van der Waals surface area contributed by atoms with Gasteiger partial charge in [0.1, 0.15) is 0 Å². The van der Waals surface area contributed by atoms with Gasteiger partial charge in [-0.3, -0.25) is 14.9 Å². The van der Waals surface area contributed by atoms with Crippen molar-refractivity contribution in [2.24, 2.45) is 0 Å². The largest absolute Gasteiger partial charge is 0.305 e. The number of hydrogen-bond donors (Lipinski definition) is 0. The molecule has 0 saturated carbocycles. The Balaban J connectivity index is 2.00. The van der Waals surface area contributed by atoms with Gasteiger partial charge in [0.25, 0.3) is 0 Å². The maximum atomic E-state index is 13.3. The summed E-state index contributed by atoms with van der Waals surface area (Å²) in [4.78, 5) is 22.1. The predicted molar refractivity (Wildman–Crippen MR) is 71.9 cm³/mol. The molecule has 2 aromatic carbocycles. The SMILES string of the molecule is O=C(c1ccc2c(c1)C=C2)c1ccc(F)c([N+](=O)[O-])c1. The maximum absolute atomic E-state index is 13.3. The third-order valence-corrected chi connectivity index (χ3v) is 3.20. The van der Waals surface area contributed by atoms with Crippen LogP contribution < -0.4 is 0 Å². The number of hydrogen-bond acceptors (Lipinski definition) is 3. The minimum absolute atomic E-state index is 0.0985. The van der Waals surface area contributed by atoms with Crippen LogP contribution in [0.3, 0.4) is 0 Å². The fraction of sp³-hybridized carbons (Fsp3) is 0. The van der Waals surface area contributed by atoms with E-state index < -0.39 is 16.4 Å². The van der Waals surface area contributed by atoms with Crippen molar-refractivity contribution in [1.29, 1.82) is 0 Å². The van der Waals surface area contributed by atoms with Gasteiger partial charge in [-0.25, -0.2) is 0 Å². The number of halogens is 1. The number of carbonyl (C=O) groups excluding carboxylic acids is 1. The smallest absolute Gasteiger partial charge is 0.289 e. The quantitative estimate of drug-likeness (QED) is 0.415. The molecular formula is C15H8FNO3. The van der Waals surface area contributed by atoms with E-state index in [0.29, 0.717) is 5.56 Å². The van der Waals surface area contributed by atoms with Crippen LogP contribution in [0.1, 0.15) is 27.0 Å². The molecule has 0 aromatic heterocycles. The first kappa shape index (κ1) is 12.2. The first-order valence-corrected chi connectivity index (χ1v) is 5.87. The molecule has 20 heavy (non-hydrogen) atoms. The predicted octanol–water partition coefficient (Wildman–Crippen LogP) is 3.45. The maximum Gasteiger partial charge on any atom is 0.305 e. The second-order valence-electron chi connectivity index (χ2n) is 4.43. The van der Waals surface area contributed by atoms with Crippen LogP contribution in [0.2, 0.25) is 0 Å². The average Bonchev–Trinajstić information content (AvgIpc) is 2.40. The minimum atomic E-state index is -0.952. The molecule has 5 heteroatoms. The average molecular weight is 269 g/mol. The Morgan fingerprint density at radius 2 is 1.65 bits per heavy atom. The molecule has 0 heterocycles. The Morgan fingerprint density at radius 3 is 2.25 bits per heavy atom. The number of nitro groups is 1. The molecular weight excluding hydrogens is 261 g/mol. The van der Waals surface area contributed by atoms with Crippen molar-refractivity contribution in [3.05, 3.63) is 74.6 Å². The Bertz CT molecular complexity index is 781. The fourth-order valence-corrected chi connectivity index (χ4v) is 2.06. The zero-order chi connectivity index (χ0) is 14.3. The zero-order valence-electron chi connectivity index (χ0n) is 10.2. The summed E-state index contributed by atoms with van der Waals surface area (Å²) in [5, 5.41) is 10.7. The lowest BCUT2D eigenvalue weighted by atomic mass is 9.93. The summed E-state index contributed by atoms with van der Waals surface area (Å²) in [6.07, 6.45) is 3.80. The molecule has 0 fully saturated rings. The van der Waals surface area contributed by atoms with Gasteiger partial charge < -0.3 is 0 Å². The number of benzene rings is 2. The van der Waals surface area contributed by atoms with Crippen molar-refractivity contribution in [2.75, 3.05) is 0 Å². The molecule has 0 atom stereocenters.